The summed E-state index contributed by atoms with van der Waals surface area (Å²) in [6.45, 7) is 6.61. The van der Waals surface area contributed by atoms with E-state index in [-0.39, 0.29) is 12.1 Å². The fraction of sp³-hybridized carbons (Fsp3) is 0.538. The van der Waals surface area contributed by atoms with Gasteiger partial charge in [-0.1, -0.05) is 6.07 Å². The van der Waals surface area contributed by atoms with Crippen molar-refractivity contribution in [3.63, 3.8) is 0 Å². The van der Waals surface area contributed by atoms with Gasteiger partial charge in [0, 0.05) is 24.3 Å². The van der Waals surface area contributed by atoms with Crippen LogP contribution in [0.3, 0.4) is 0 Å². The molecule has 1 N–H and O–H groups in total. The number of nitrogens with zero attached hydrogens (tertiary/aromatic N) is 2. The van der Waals surface area contributed by atoms with Crippen LogP contribution < -0.4 is 10.1 Å². The lowest BCUT2D eigenvalue weighted by atomic mass is 10.2. The van der Waals surface area contributed by atoms with Gasteiger partial charge in [-0.3, -0.25) is 0 Å². The van der Waals surface area contributed by atoms with E-state index in [0.717, 1.165) is 5.56 Å². The molecule has 0 saturated carbocycles. The number of ether oxygens (including phenoxy) is 1. The van der Waals surface area contributed by atoms with Crippen molar-refractivity contribution in [3.8, 4) is 11.9 Å². The van der Waals surface area contributed by atoms with Crippen LogP contribution in [0.2, 0.25) is 0 Å². The Bertz CT molecular complexity index is 384. The molecule has 1 heterocycles. The number of pyridine rings is 1. The molecule has 0 bridgehead atoms. The Morgan fingerprint density at radius 2 is 2.24 bits per heavy atom. The van der Waals surface area contributed by atoms with E-state index in [1.165, 1.54) is 0 Å². The third-order valence-corrected chi connectivity index (χ3v) is 2.24. The molecule has 0 amide bonds. The Morgan fingerprint density at radius 1 is 1.47 bits per heavy atom. The second-order valence-corrected chi connectivity index (χ2v) is 4.28. The SMILES string of the molecule is CC(CC#N)NCc1cccnc1OC(C)C. The number of rotatable bonds is 6. The average Bonchev–Trinajstić information content (AvgIpc) is 2.27. The van der Waals surface area contributed by atoms with Crippen LogP contribution in [0.1, 0.15) is 32.8 Å². The van der Waals surface area contributed by atoms with Crippen molar-refractivity contribution in [1.29, 1.82) is 5.26 Å². The van der Waals surface area contributed by atoms with Crippen molar-refractivity contribution < 1.29 is 4.74 Å². The molecule has 4 heteroatoms. The van der Waals surface area contributed by atoms with Crippen molar-refractivity contribution in [2.75, 3.05) is 0 Å². The highest BCUT2D eigenvalue weighted by Gasteiger charge is 2.07. The predicted octanol–water partition coefficient (Wildman–Crippen LogP) is 2.26. The number of hydrogen-bond acceptors (Lipinski definition) is 4. The molecule has 0 aliphatic heterocycles. The summed E-state index contributed by atoms with van der Waals surface area (Å²) in [6.07, 6.45) is 2.33. The highest BCUT2D eigenvalue weighted by atomic mass is 16.5. The monoisotopic (exact) mass is 233 g/mol. The molecule has 0 radical (unpaired) electrons. The van der Waals surface area contributed by atoms with Crippen LogP contribution in [0.4, 0.5) is 0 Å². The molecule has 4 nitrogen and oxygen atoms in total. The molecule has 0 spiro atoms. The van der Waals surface area contributed by atoms with Gasteiger partial charge in [-0.15, -0.1) is 0 Å². The maximum absolute atomic E-state index is 8.58. The molecular weight excluding hydrogens is 214 g/mol. The molecule has 1 aromatic heterocycles. The third-order valence-electron chi connectivity index (χ3n) is 2.24. The fourth-order valence-electron chi connectivity index (χ4n) is 1.38. The summed E-state index contributed by atoms with van der Waals surface area (Å²) in [5.74, 6) is 0.666. The minimum atomic E-state index is 0.111. The first-order chi connectivity index (χ1) is 8.13. The van der Waals surface area contributed by atoms with Gasteiger partial charge >= 0.3 is 0 Å². The van der Waals surface area contributed by atoms with E-state index in [2.05, 4.69) is 16.4 Å². The van der Waals surface area contributed by atoms with Crippen molar-refractivity contribution in [2.24, 2.45) is 0 Å². The van der Waals surface area contributed by atoms with E-state index in [4.69, 9.17) is 10.00 Å². The van der Waals surface area contributed by atoms with Crippen molar-refractivity contribution in [2.45, 2.75) is 45.9 Å². The van der Waals surface area contributed by atoms with Crippen LogP contribution in [-0.2, 0) is 6.54 Å². The summed E-state index contributed by atoms with van der Waals surface area (Å²) >= 11 is 0. The second-order valence-electron chi connectivity index (χ2n) is 4.28. The Balaban J connectivity index is 2.61. The van der Waals surface area contributed by atoms with Gasteiger partial charge in [-0.25, -0.2) is 4.98 Å². The minimum absolute atomic E-state index is 0.111. The number of nitrogens with one attached hydrogen (secondary N) is 1. The topological polar surface area (TPSA) is 57.9 Å². The highest BCUT2D eigenvalue weighted by molar-refractivity contribution is 5.25. The standard InChI is InChI=1S/C13H19N3O/c1-10(2)17-13-12(5-4-8-15-13)9-16-11(3)6-7-14/h4-5,8,10-11,16H,6,9H2,1-3H3. The largest absolute Gasteiger partial charge is 0.475 e. The molecule has 92 valence electrons. The van der Waals surface area contributed by atoms with E-state index >= 15 is 0 Å². The Hall–Kier alpha value is -1.60. The molecule has 0 saturated heterocycles. The first-order valence-electron chi connectivity index (χ1n) is 5.84. The van der Waals surface area contributed by atoms with Gasteiger partial charge < -0.3 is 10.1 Å². The molecule has 0 fully saturated rings. The van der Waals surface area contributed by atoms with E-state index < -0.39 is 0 Å². The zero-order chi connectivity index (χ0) is 12.7. The highest BCUT2D eigenvalue weighted by Crippen LogP contribution is 2.15. The molecule has 1 aromatic rings. The zero-order valence-corrected chi connectivity index (χ0v) is 10.6. The number of hydrogen-bond donors (Lipinski definition) is 1. The van der Waals surface area contributed by atoms with E-state index in [1.807, 2.05) is 32.9 Å². The quantitative estimate of drug-likeness (QED) is 0.818. The molecule has 17 heavy (non-hydrogen) atoms. The first-order valence-corrected chi connectivity index (χ1v) is 5.84. The van der Waals surface area contributed by atoms with Gasteiger partial charge in [-0.05, 0) is 26.8 Å². The molecule has 0 aliphatic carbocycles. The summed E-state index contributed by atoms with van der Waals surface area (Å²) in [6, 6.07) is 6.19. The third kappa shape index (κ3) is 4.83. The van der Waals surface area contributed by atoms with Crippen LogP contribution in [0.25, 0.3) is 0 Å². The van der Waals surface area contributed by atoms with Crippen LogP contribution in [-0.4, -0.2) is 17.1 Å². The molecule has 1 rings (SSSR count). The fourth-order valence-corrected chi connectivity index (χ4v) is 1.38. The van der Waals surface area contributed by atoms with Crippen molar-refractivity contribution in [1.82, 2.24) is 10.3 Å². The summed E-state index contributed by atoms with van der Waals surface area (Å²) in [7, 11) is 0. The van der Waals surface area contributed by atoms with Crippen molar-refractivity contribution in [3.05, 3.63) is 23.9 Å². The molecular formula is C13H19N3O. The van der Waals surface area contributed by atoms with E-state index in [1.54, 1.807) is 6.20 Å². The van der Waals surface area contributed by atoms with Gasteiger partial charge in [0.05, 0.1) is 18.6 Å². The van der Waals surface area contributed by atoms with Crippen LogP contribution >= 0.6 is 0 Å². The maximum Gasteiger partial charge on any atom is 0.218 e. The summed E-state index contributed by atoms with van der Waals surface area (Å²) in [5.41, 5.74) is 1.02. The molecule has 0 aliphatic rings. The lowest BCUT2D eigenvalue weighted by molar-refractivity contribution is 0.229. The number of nitriles is 1. The number of aromatic nitrogens is 1. The first kappa shape index (κ1) is 13.5. The summed E-state index contributed by atoms with van der Waals surface area (Å²) in [4.78, 5) is 4.22. The normalized spacial score (nSPS) is 12.2. The van der Waals surface area contributed by atoms with Crippen molar-refractivity contribution >= 4 is 0 Å². The van der Waals surface area contributed by atoms with Gasteiger partial charge in [0.2, 0.25) is 5.88 Å². The minimum Gasteiger partial charge on any atom is -0.475 e. The van der Waals surface area contributed by atoms with E-state index in [9.17, 15) is 0 Å². The maximum atomic E-state index is 8.58. The zero-order valence-electron chi connectivity index (χ0n) is 10.6. The smallest absolute Gasteiger partial charge is 0.218 e. The van der Waals surface area contributed by atoms with Gasteiger partial charge in [0.15, 0.2) is 0 Å². The lowest BCUT2D eigenvalue weighted by Crippen LogP contribution is -2.25. The Morgan fingerprint density at radius 3 is 2.88 bits per heavy atom. The Labute approximate surface area is 103 Å². The van der Waals surface area contributed by atoms with Crippen LogP contribution in [0.5, 0.6) is 5.88 Å². The van der Waals surface area contributed by atoms with Crippen LogP contribution in [0, 0.1) is 11.3 Å². The second kappa shape index (κ2) is 6.87. The van der Waals surface area contributed by atoms with Gasteiger partial charge in [0.1, 0.15) is 0 Å². The van der Waals surface area contributed by atoms with E-state index in [0.29, 0.717) is 18.8 Å². The Kier molecular flexibility index (Phi) is 5.44. The van der Waals surface area contributed by atoms with Crippen LogP contribution in [0.15, 0.2) is 18.3 Å². The molecule has 1 atom stereocenters. The summed E-state index contributed by atoms with van der Waals surface area (Å²) < 4.78 is 5.62. The average molecular weight is 233 g/mol. The summed E-state index contributed by atoms with van der Waals surface area (Å²) in [5, 5.41) is 11.9. The van der Waals surface area contributed by atoms with Gasteiger partial charge in [-0.2, -0.15) is 5.26 Å². The molecule has 1 unspecified atom stereocenters. The lowest BCUT2D eigenvalue weighted by Gasteiger charge is -2.15. The molecule has 0 aromatic carbocycles. The van der Waals surface area contributed by atoms with Gasteiger partial charge in [0.25, 0.3) is 0 Å². The predicted molar refractivity (Wildman–Crippen MR) is 66.5 cm³/mol.